The molecule has 0 saturated carbocycles. The average molecular weight is 266 g/mol. The molecule has 0 spiro atoms. The van der Waals surface area contributed by atoms with E-state index in [1.807, 2.05) is 31.2 Å². The summed E-state index contributed by atoms with van der Waals surface area (Å²) in [7, 11) is 1.65. The van der Waals surface area contributed by atoms with Gasteiger partial charge in [-0.25, -0.2) is 0 Å². The second kappa shape index (κ2) is 8.67. The number of aryl methyl sites for hydroxylation is 1. The molecule has 0 aromatic heterocycles. The molecule has 4 heteroatoms. The van der Waals surface area contributed by atoms with Crippen LogP contribution in [-0.4, -0.2) is 38.0 Å². The first-order chi connectivity index (χ1) is 9.15. The number of ether oxygens (including phenoxy) is 2. The molecule has 1 unspecified atom stereocenters. The van der Waals surface area contributed by atoms with Crippen LogP contribution >= 0.6 is 0 Å². The molecule has 0 saturated heterocycles. The van der Waals surface area contributed by atoms with E-state index in [4.69, 9.17) is 9.47 Å². The minimum atomic E-state index is -0.802. The van der Waals surface area contributed by atoms with Crippen molar-refractivity contribution in [2.45, 2.75) is 25.7 Å². The Balaban J connectivity index is 2.41. The molecule has 0 aliphatic carbocycles. The molecule has 0 aliphatic rings. The predicted molar refractivity (Wildman–Crippen MR) is 73.5 cm³/mol. The second-order valence-electron chi connectivity index (χ2n) is 4.55. The fraction of sp³-hybridized carbons (Fsp3) is 0.533. The summed E-state index contributed by atoms with van der Waals surface area (Å²) < 4.78 is 10.3. The van der Waals surface area contributed by atoms with E-state index in [0.717, 1.165) is 17.5 Å². The SMILES string of the molecule is COCCCOCCC(C(=O)O)c1ccc(C)cc1. The van der Waals surface area contributed by atoms with Gasteiger partial charge in [0.15, 0.2) is 0 Å². The Kier molecular flexibility index (Phi) is 7.15. The molecule has 0 amide bonds. The van der Waals surface area contributed by atoms with Crippen LogP contribution in [0.2, 0.25) is 0 Å². The number of rotatable bonds is 9. The third-order valence-electron chi connectivity index (χ3n) is 2.97. The summed E-state index contributed by atoms with van der Waals surface area (Å²) >= 11 is 0. The highest BCUT2D eigenvalue weighted by molar-refractivity contribution is 5.76. The Bertz CT molecular complexity index is 372. The fourth-order valence-electron chi connectivity index (χ4n) is 1.84. The number of carboxylic acid groups (broad SMARTS) is 1. The molecule has 1 atom stereocenters. The van der Waals surface area contributed by atoms with E-state index in [-0.39, 0.29) is 0 Å². The monoisotopic (exact) mass is 266 g/mol. The third kappa shape index (κ3) is 5.85. The lowest BCUT2D eigenvalue weighted by atomic mass is 9.95. The molecule has 106 valence electrons. The Hall–Kier alpha value is -1.39. The number of methoxy groups -OCH3 is 1. The third-order valence-corrected chi connectivity index (χ3v) is 2.97. The maximum absolute atomic E-state index is 11.3. The van der Waals surface area contributed by atoms with Crippen LogP contribution in [0.3, 0.4) is 0 Å². The first-order valence-corrected chi connectivity index (χ1v) is 6.51. The molecule has 0 bridgehead atoms. The van der Waals surface area contributed by atoms with Gasteiger partial charge in [-0.05, 0) is 25.3 Å². The van der Waals surface area contributed by atoms with E-state index in [1.54, 1.807) is 7.11 Å². The molecule has 19 heavy (non-hydrogen) atoms. The summed E-state index contributed by atoms with van der Waals surface area (Å²) in [4.78, 5) is 11.3. The van der Waals surface area contributed by atoms with Crippen LogP contribution in [0.15, 0.2) is 24.3 Å². The van der Waals surface area contributed by atoms with Crippen molar-refractivity contribution in [2.75, 3.05) is 26.9 Å². The molecule has 1 aromatic rings. The van der Waals surface area contributed by atoms with Gasteiger partial charge in [-0.3, -0.25) is 4.79 Å². The summed E-state index contributed by atoms with van der Waals surface area (Å²) in [5.74, 6) is -1.30. The van der Waals surface area contributed by atoms with Gasteiger partial charge in [0.05, 0.1) is 5.92 Å². The van der Waals surface area contributed by atoms with Crippen molar-refractivity contribution in [3.05, 3.63) is 35.4 Å². The molecule has 4 nitrogen and oxygen atoms in total. The topological polar surface area (TPSA) is 55.8 Å². The van der Waals surface area contributed by atoms with Gasteiger partial charge in [0.25, 0.3) is 0 Å². The Labute approximate surface area is 114 Å². The van der Waals surface area contributed by atoms with E-state index >= 15 is 0 Å². The quantitative estimate of drug-likeness (QED) is 0.698. The van der Waals surface area contributed by atoms with Gasteiger partial charge in [0, 0.05) is 26.9 Å². The molecule has 0 radical (unpaired) electrons. The zero-order chi connectivity index (χ0) is 14.1. The smallest absolute Gasteiger partial charge is 0.311 e. The van der Waals surface area contributed by atoms with Crippen molar-refractivity contribution in [1.82, 2.24) is 0 Å². The van der Waals surface area contributed by atoms with Gasteiger partial charge < -0.3 is 14.6 Å². The molecule has 0 heterocycles. The van der Waals surface area contributed by atoms with Crippen molar-refractivity contribution in [3.63, 3.8) is 0 Å². The van der Waals surface area contributed by atoms with E-state index in [2.05, 4.69) is 0 Å². The highest BCUT2D eigenvalue weighted by atomic mass is 16.5. The predicted octanol–water partition coefficient (Wildman–Crippen LogP) is 2.61. The Morgan fingerprint density at radius 3 is 2.47 bits per heavy atom. The molecular formula is C15H22O4. The maximum Gasteiger partial charge on any atom is 0.311 e. The van der Waals surface area contributed by atoms with Gasteiger partial charge in [0.2, 0.25) is 0 Å². The minimum Gasteiger partial charge on any atom is -0.481 e. The van der Waals surface area contributed by atoms with Crippen molar-refractivity contribution in [1.29, 1.82) is 0 Å². The van der Waals surface area contributed by atoms with E-state index in [0.29, 0.717) is 26.2 Å². The lowest BCUT2D eigenvalue weighted by molar-refractivity contribution is -0.139. The number of hydrogen-bond acceptors (Lipinski definition) is 3. The van der Waals surface area contributed by atoms with E-state index in [1.165, 1.54) is 0 Å². The first kappa shape index (κ1) is 15.7. The number of carbonyl (C=O) groups is 1. The van der Waals surface area contributed by atoms with Crippen molar-refractivity contribution < 1.29 is 19.4 Å². The fourth-order valence-corrected chi connectivity index (χ4v) is 1.84. The van der Waals surface area contributed by atoms with Crippen molar-refractivity contribution in [2.24, 2.45) is 0 Å². The van der Waals surface area contributed by atoms with Crippen LogP contribution in [0.1, 0.15) is 29.9 Å². The lowest BCUT2D eigenvalue weighted by Gasteiger charge is -2.13. The van der Waals surface area contributed by atoms with Crippen LogP contribution in [0.5, 0.6) is 0 Å². The van der Waals surface area contributed by atoms with Crippen LogP contribution in [0, 0.1) is 6.92 Å². The number of benzene rings is 1. The summed E-state index contributed by atoms with van der Waals surface area (Å²) in [5, 5.41) is 9.26. The van der Waals surface area contributed by atoms with Gasteiger partial charge in [0.1, 0.15) is 0 Å². The van der Waals surface area contributed by atoms with Crippen LogP contribution in [0.4, 0.5) is 0 Å². The zero-order valence-corrected chi connectivity index (χ0v) is 11.6. The largest absolute Gasteiger partial charge is 0.481 e. The standard InChI is InChI=1S/C15H22O4/c1-12-4-6-13(7-5-12)14(15(16)17)8-11-19-10-3-9-18-2/h4-7,14H,3,8-11H2,1-2H3,(H,16,17). The van der Waals surface area contributed by atoms with Crippen LogP contribution in [0.25, 0.3) is 0 Å². The summed E-state index contributed by atoms with van der Waals surface area (Å²) in [6.07, 6.45) is 1.32. The normalized spacial score (nSPS) is 12.3. The highest BCUT2D eigenvalue weighted by Crippen LogP contribution is 2.20. The minimum absolute atomic E-state index is 0.453. The molecule has 1 aromatic carbocycles. The number of aliphatic carboxylic acids is 1. The Morgan fingerprint density at radius 1 is 1.21 bits per heavy atom. The van der Waals surface area contributed by atoms with Crippen molar-refractivity contribution in [3.8, 4) is 0 Å². The summed E-state index contributed by atoms with van der Waals surface area (Å²) in [6.45, 7) is 3.71. The van der Waals surface area contributed by atoms with E-state index in [9.17, 15) is 9.90 Å². The number of hydrogen-bond donors (Lipinski definition) is 1. The molecule has 1 rings (SSSR count). The van der Waals surface area contributed by atoms with Gasteiger partial charge in [-0.1, -0.05) is 29.8 Å². The average Bonchev–Trinajstić information content (AvgIpc) is 2.39. The Morgan fingerprint density at radius 2 is 1.89 bits per heavy atom. The first-order valence-electron chi connectivity index (χ1n) is 6.51. The molecule has 0 aliphatic heterocycles. The second-order valence-corrected chi connectivity index (χ2v) is 4.55. The lowest BCUT2D eigenvalue weighted by Crippen LogP contribution is -2.14. The van der Waals surface area contributed by atoms with Crippen LogP contribution < -0.4 is 0 Å². The summed E-state index contributed by atoms with van der Waals surface area (Å²) in [6, 6.07) is 7.62. The number of carboxylic acids is 1. The zero-order valence-electron chi connectivity index (χ0n) is 11.6. The van der Waals surface area contributed by atoms with E-state index < -0.39 is 11.9 Å². The maximum atomic E-state index is 11.3. The van der Waals surface area contributed by atoms with Crippen LogP contribution in [-0.2, 0) is 14.3 Å². The summed E-state index contributed by atoms with van der Waals surface area (Å²) in [5.41, 5.74) is 1.96. The molecular weight excluding hydrogens is 244 g/mol. The van der Waals surface area contributed by atoms with Gasteiger partial charge in [-0.2, -0.15) is 0 Å². The van der Waals surface area contributed by atoms with Gasteiger partial charge in [-0.15, -0.1) is 0 Å². The molecule has 1 N–H and O–H groups in total. The molecule has 0 fully saturated rings. The van der Waals surface area contributed by atoms with Crippen molar-refractivity contribution >= 4 is 5.97 Å². The van der Waals surface area contributed by atoms with Gasteiger partial charge >= 0.3 is 5.97 Å². The highest BCUT2D eigenvalue weighted by Gasteiger charge is 2.19.